The number of piperidine rings is 1. The van der Waals surface area contributed by atoms with Crippen LogP contribution in [0.15, 0.2) is 42.5 Å². The lowest BCUT2D eigenvalue weighted by molar-refractivity contribution is -0.947. The Labute approximate surface area is 143 Å². The highest BCUT2D eigenvalue weighted by Gasteiger charge is 2.51. The van der Waals surface area contributed by atoms with Crippen molar-refractivity contribution < 1.29 is 14.0 Å². The lowest BCUT2D eigenvalue weighted by Crippen LogP contribution is -2.58. The summed E-state index contributed by atoms with van der Waals surface area (Å²) >= 11 is 0. The van der Waals surface area contributed by atoms with Crippen molar-refractivity contribution in [2.75, 3.05) is 13.6 Å². The number of carbonyl (C=O) groups is 1. The van der Waals surface area contributed by atoms with E-state index >= 15 is 0 Å². The summed E-state index contributed by atoms with van der Waals surface area (Å²) < 4.78 is 7.12. The number of carbonyl (C=O) groups excluding carboxylic acids is 1. The zero-order valence-corrected chi connectivity index (χ0v) is 14.6. The summed E-state index contributed by atoms with van der Waals surface area (Å²) in [6.45, 7) is 3.47. The van der Waals surface area contributed by atoms with Crippen LogP contribution in [0.2, 0.25) is 0 Å². The van der Waals surface area contributed by atoms with Gasteiger partial charge in [0.1, 0.15) is 6.10 Å². The minimum absolute atomic E-state index is 0.0757. The zero-order chi connectivity index (χ0) is 16.7. The Balaban J connectivity index is 1.53. The molecule has 0 saturated carbocycles. The summed E-state index contributed by atoms with van der Waals surface area (Å²) in [5.74, 6) is -0.163. The van der Waals surface area contributed by atoms with E-state index in [0.29, 0.717) is 17.6 Å². The van der Waals surface area contributed by atoms with Crippen molar-refractivity contribution in [3.8, 4) is 0 Å². The quantitative estimate of drug-likeness (QED) is 0.626. The standard InChI is InChI=1S/C21H26NO2/c1-3-22(2)16-11-12-17(22)14-18(13-16)24-21(23)20-10-6-8-15-7-4-5-9-19(15)20/h4-10,16-18H,3,11-14H2,1-2H3/q+1. The van der Waals surface area contributed by atoms with Gasteiger partial charge in [-0.1, -0.05) is 36.4 Å². The number of quaternary nitrogens is 1. The van der Waals surface area contributed by atoms with Gasteiger partial charge in [0.15, 0.2) is 0 Å². The van der Waals surface area contributed by atoms with Crippen molar-refractivity contribution in [1.82, 2.24) is 0 Å². The van der Waals surface area contributed by atoms with Crippen LogP contribution in [0.3, 0.4) is 0 Å². The van der Waals surface area contributed by atoms with E-state index in [1.165, 1.54) is 23.9 Å². The topological polar surface area (TPSA) is 26.3 Å². The van der Waals surface area contributed by atoms with Crippen LogP contribution in [-0.2, 0) is 4.74 Å². The summed E-state index contributed by atoms with van der Waals surface area (Å²) in [6, 6.07) is 15.2. The molecule has 0 aliphatic carbocycles. The third-order valence-electron chi connectivity index (χ3n) is 6.54. The first-order valence-corrected chi connectivity index (χ1v) is 9.15. The zero-order valence-electron chi connectivity index (χ0n) is 14.6. The van der Waals surface area contributed by atoms with Crippen LogP contribution in [0.25, 0.3) is 10.8 Å². The lowest BCUT2D eigenvalue weighted by Gasteiger charge is -2.46. The second-order valence-electron chi connectivity index (χ2n) is 7.57. The largest absolute Gasteiger partial charge is 0.458 e. The van der Waals surface area contributed by atoms with Crippen molar-refractivity contribution in [3.05, 3.63) is 48.0 Å². The Morgan fingerprint density at radius 2 is 1.75 bits per heavy atom. The minimum atomic E-state index is -0.163. The van der Waals surface area contributed by atoms with E-state index in [4.69, 9.17) is 4.74 Å². The van der Waals surface area contributed by atoms with E-state index < -0.39 is 0 Å². The molecule has 2 atom stereocenters. The van der Waals surface area contributed by atoms with Crippen LogP contribution < -0.4 is 0 Å². The molecule has 2 heterocycles. The van der Waals surface area contributed by atoms with Crippen LogP contribution in [0.5, 0.6) is 0 Å². The highest BCUT2D eigenvalue weighted by atomic mass is 16.5. The van der Waals surface area contributed by atoms with Gasteiger partial charge >= 0.3 is 5.97 Å². The van der Waals surface area contributed by atoms with Crippen LogP contribution in [0.1, 0.15) is 43.0 Å². The second-order valence-corrected chi connectivity index (χ2v) is 7.57. The summed E-state index contributed by atoms with van der Waals surface area (Å²) in [5, 5.41) is 2.07. The molecule has 126 valence electrons. The van der Waals surface area contributed by atoms with Gasteiger partial charge in [-0.15, -0.1) is 0 Å². The molecule has 2 aromatic rings. The molecule has 24 heavy (non-hydrogen) atoms. The summed E-state index contributed by atoms with van der Waals surface area (Å²) in [4.78, 5) is 12.8. The molecule has 0 radical (unpaired) electrons. The number of esters is 1. The van der Waals surface area contributed by atoms with E-state index in [1.54, 1.807) is 0 Å². The maximum Gasteiger partial charge on any atom is 0.339 e. The van der Waals surface area contributed by atoms with Gasteiger partial charge in [0.05, 0.1) is 31.2 Å². The first-order valence-electron chi connectivity index (χ1n) is 9.15. The molecule has 2 aliphatic rings. The third kappa shape index (κ3) is 2.42. The number of benzene rings is 2. The number of hydrogen-bond donors (Lipinski definition) is 0. The van der Waals surface area contributed by atoms with Gasteiger partial charge in [0, 0.05) is 25.7 Å². The van der Waals surface area contributed by atoms with E-state index in [0.717, 1.165) is 23.6 Å². The Kier molecular flexibility index (Phi) is 3.84. The average Bonchev–Trinajstić information content (AvgIpc) is 2.78. The van der Waals surface area contributed by atoms with Gasteiger partial charge in [-0.05, 0) is 23.8 Å². The van der Waals surface area contributed by atoms with Crippen molar-refractivity contribution in [2.45, 2.75) is 50.8 Å². The fraction of sp³-hybridized carbons (Fsp3) is 0.476. The Hall–Kier alpha value is -1.87. The molecule has 3 heteroatoms. The number of hydrogen-bond acceptors (Lipinski definition) is 2. The number of fused-ring (bicyclic) bond motifs is 3. The number of rotatable bonds is 3. The van der Waals surface area contributed by atoms with Crippen LogP contribution in [-0.4, -0.2) is 42.2 Å². The van der Waals surface area contributed by atoms with E-state index in [1.807, 2.05) is 42.5 Å². The first-order chi connectivity index (χ1) is 11.6. The van der Waals surface area contributed by atoms with Crippen LogP contribution in [0, 0.1) is 0 Å². The molecule has 2 fully saturated rings. The molecular formula is C21H26NO2+. The normalized spacial score (nSPS) is 32.0. The smallest absolute Gasteiger partial charge is 0.339 e. The molecule has 4 rings (SSSR count). The van der Waals surface area contributed by atoms with E-state index in [9.17, 15) is 4.79 Å². The average molecular weight is 324 g/mol. The third-order valence-corrected chi connectivity index (χ3v) is 6.54. The summed E-state index contributed by atoms with van der Waals surface area (Å²) in [6.07, 6.45) is 4.65. The van der Waals surface area contributed by atoms with Gasteiger partial charge in [-0.25, -0.2) is 4.79 Å². The van der Waals surface area contributed by atoms with Crippen LogP contribution in [0.4, 0.5) is 0 Å². The molecule has 2 bridgehead atoms. The molecule has 0 amide bonds. The highest BCUT2D eigenvalue weighted by molar-refractivity contribution is 6.04. The molecule has 2 aromatic carbocycles. The Morgan fingerprint density at radius 1 is 1.08 bits per heavy atom. The fourth-order valence-corrected chi connectivity index (χ4v) is 4.92. The maximum atomic E-state index is 12.8. The van der Waals surface area contributed by atoms with E-state index in [2.05, 4.69) is 14.0 Å². The van der Waals surface area contributed by atoms with Crippen molar-refractivity contribution in [2.24, 2.45) is 0 Å². The molecule has 2 saturated heterocycles. The molecule has 2 unspecified atom stereocenters. The summed E-state index contributed by atoms with van der Waals surface area (Å²) in [5.41, 5.74) is 0.693. The predicted octanol–water partition coefficient (Wildman–Crippen LogP) is 4.16. The molecular weight excluding hydrogens is 298 g/mol. The number of ether oxygens (including phenoxy) is 1. The SMILES string of the molecule is CC[N+]1(C)C2CCC1CC(OC(=O)c1cccc3ccccc13)C2. The van der Waals surface area contributed by atoms with Gasteiger partial charge in [0.25, 0.3) is 0 Å². The van der Waals surface area contributed by atoms with Crippen molar-refractivity contribution in [3.63, 3.8) is 0 Å². The predicted molar refractivity (Wildman–Crippen MR) is 95.9 cm³/mol. The Bertz CT molecular complexity index is 750. The van der Waals surface area contributed by atoms with Crippen LogP contribution >= 0.6 is 0 Å². The van der Waals surface area contributed by atoms with Crippen molar-refractivity contribution in [1.29, 1.82) is 0 Å². The molecule has 2 aliphatic heterocycles. The maximum absolute atomic E-state index is 12.8. The molecule has 0 aromatic heterocycles. The molecule has 0 N–H and O–H groups in total. The van der Waals surface area contributed by atoms with Gasteiger partial charge < -0.3 is 9.22 Å². The second kappa shape index (κ2) is 5.89. The molecule has 3 nitrogen and oxygen atoms in total. The van der Waals surface area contributed by atoms with Crippen molar-refractivity contribution >= 4 is 16.7 Å². The first kappa shape index (κ1) is 15.6. The van der Waals surface area contributed by atoms with Gasteiger partial charge in [-0.2, -0.15) is 0 Å². The lowest BCUT2D eigenvalue weighted by atomic mass is 9.96. The van der Waals surface area contributed by atoms with Gasteiger partial charge in [-0.3, -0.25) is 0 Å². The fourth-order valence-electron chi connectivity index (χ4n) is 4.92. The molecule has 0 spiro atoms. The minimum Gasteiger partial charge on any atom is -0.458 e. The van der Waals surface area contributed by atoms with Gasteiger partial charge in [0.2, 0.25) is 0 Å². The highest BCUT2D eigenvalue weighted by Crippen LogP contribution is 2.42. The summed E-state index contributed by atoms with van der Waals surface area (Å²) in [7, 11) is 2.38. The number of nitrogens with zero attached hydrogens (tertiary/aromatic N) is 1. The Morgan fingerprint density at radius 3 is 2.46 bits per heavy atom. The monoisotopic (exact) mass is 324 g/mol. The van der Waals surface area contributed by atoms with E-state index in [-0.39, 0.29) is 12.1 Å².